The summed E-state index contributed by atoms with van der Waals surface area (Å²) >= 11 is 1.35. The van der Waals surface area contributed by atoms with Crippen LogP contribution in [0.15, 0.2) is 30.5 Å². The van der Waals surface area contributed by atoms with Gasteiger partial charge in [-0.2, -0.15) is 0 Å². The highest BCUT2D eigenvalue weighted by Crippen LogP contribution is 2.28. The molecule has 0 saturated carbocycles. The van der Waals surface area contributed by atoms with Crippen LogP contribution in [0.2, 0.25) is 0 Å². The molecule has 132 valence electrons. The Labute approximate surface area is 151 Å². The molecule has 0 spiro atoms. The van der Waals surface area contributed by atoms with Gasteiger partial charge >= 0.3 is 5.97 Å². The van der Waals surface area contributed by atoms with Crippen LogP contribution < -0.4 is 4.74 Å². The van der Waals surface area contributed by atoms with Crippen LogP contribution in [-0.2, 0) is 4.74 Å². The van der Waals surface area contributed by atoms with Gasteiger partial charge in [-0.1, -0.05) is 11.3 Å². The lowest BCUT2D eigenvalue weighted by Gasteiger charge is -2.09. The maximum absolute atomic E-state index is 12.2. The highest BCUT2D eigenvalue weighted by Gasteiger charge is 2.20. The molecule has 1 aromatic carbocycles. The first kappa shape index (κ1) is 17.5. The number of hydrogen-bond donors (Lipinski definition) is 0. The van der Waals surface area contributed by atoms with E-state index in [1.807, 2.05) is 69.5 Å². The van der Waals surface area contributed by atoms with Crippen molar-refractivity contribution in [3.63, 3.8) is 0 Å². The van der Waals surface area contributed by atoms with E-state index in [0.717, 1.165) is 27.7 Å². The number of fused-ring (bicyclic) bond motifs is 1. The third-order valence-corrected chi connectivity index (χ3v) is 4.74. The molecule has 0 amide bonds. The lowest BCUT2D eigenvalue weighted by Crippen LogP contribution is -2.11. The number of aryl methyl sites for hydroxylation is 1. The third-order valence-electron chi connectivity index (χ3n) is 3.61. The molecule has 0 unspecified atom stereocenters. The molecule has 5 nitrogen and oxygen atoms in total. The third kappa shape index (κ3) is 3.69. The van der Waals surface area contributed by atoms with E-state index < -0.39 is 0 Å². The summed E-state index contributed by atoms with van der Waals surface area (Å²) in [7, 11) is 0. The Morgan fingerprint density at radius 1 is 1.12 bits per heavy atom. The molecule has 0 bridgehead atoms. The Bertz CT molecular complexity index is 891. The lowest BCUT2D eigenvalue weighted by atomic mass is 10.1. The number of hydrogen-bond acceptors (Lipinski definition) is 5. The number of imidazole rings is 1. The average Bonchev–Trinajstić information content (AvgIpc) is 3.07. The van der Waals surface area contributed by atoms with E-state index in [0.29, 0.717) is 4.88 Å². The van der Waals surface area contributed by atoms with E-state index in [1.165, 1.54) is 11.3 Å². The molecule has 0 fully saturated rings. The van der Waals surface area contributed by atoms with Gasteiger partial charge in [-0.3, -0.25) is 4.40 Å². The molecular formula is C19H22N2O3S. The van der Waals surface area contributed by atoms with Crippen molar-refractivity contribution in [3.05, 3.63) is 41.0 Å². The second kappa shape index (κ2) is 6.88. The number of esters is 1. The molecule has 0 aliphatic carbocycles. The average molecular weight is 358 g/mol. The summed E-state index contributed by atoms with van der Waals surface area (Å²) in [5.41, 5.74) is 2.73. The molecule has 0 N–H and O–H groups in total. The van der Waals surface area contributed by atoms with Gasteiger partial charge in [0, 0.05) is 17.5 Å². The monoisotopic (exact) mass is 358 g/mol. The summed E-state index contributed by atoms with van der Waals surface area (Å²) in [5, 5.41) is 0. The maximum Gasteiger partial charge on any atom is 0.350 e. The molecule has 0 saturated heterocycles. The minimum absolute atomic E-state index is 0.136. The summed E-state index contributed by atoms with van der Waals surface area (Å²) in [5.74, 6) is 0.550. The standard InChI is InChI=1S/C19H22N2O3S/c1-11(2)23-15-8-6-14(7-9-15)16-10-21-13(5)17(25-19(21)20-16)18(22)24-12(3)4/h6-12H,1-5H3. The topological polar surface area (TPSA) is 52.8 Å². The van der Waals surface area contributed by atoms with Gasteiger partial charge in [0.15, 0.2) is 4.96 Å². The van der Waals surface area contributed by atoms with Gasteiger partial charge in [-0.25, -0.2) is 9.78 Å². The van der Waals surface area contributed by atoms with Crippen LogP contribution in [0.25, 0.3) is 16.2 Å². The first-order valence-electron chi connectivity index (χ1n) is 8.31. The molecule has 0 atom stereocenters. The summed E-state index contributed by atoms with van der Waals surface area (Å²) < 4.78 is 12.9. The number of ether oxygens (including phenoxy) is 2. The van der Waals surface area contributed by atoms with Crippen LogP contribution in [0.3, 0.4) is 0 Å². The zero-order valence-corrected chi connectivity index (χ0v) is 15.9. The van der Waals surface area contributed by atoms with Gasteiger partial charge in [-0.05, 0) is 58.9 Å². The van der Waals surface area contributed by atoms with Crippen LogP contribution in [0.4, 0.5) is 0 Å². The van der Waals surface area contributed by atoms with Crippen LogP contribution in [0.1, 0.15) is 43.1 Å². The number of benzene rings is 1. The Kier molecular flexibility index (Phi) is 4.81. The minimum atomic E-state index is -0.292. The van der Waals surface area contributed by atoms with Crippen LogP contribution in [-0.4, -0.2) is 27.6 Å². The fourth-order valence-electron chi connectivity index (χ4n) is 2.52. The van der Waals surface area contributed by atoms with Gasteiger partial charge in [0.1, 0.15) is 10.6 Å². The summed E-state index contributed by atoms with van der Waals surface area (Å²) in [4.78, 5) is 18.2. The molecular weight excluding hydrogens is 336 g/mol. The van der Waals surface area contributed by atoms with Gasteiger partial charge < -0.3 is 9.47 Å². The lowest BCUT2D eigenvalue weighted by molar-refractivity contribution is 0.0382. The molecule has 0 aliphatic heterocycles. The minimum Gasteiger partial charge on any atom is -0.491 e. The Morgan fingerprint density at radius 2 is 1.80 bits per heavy atom. The molecule has 3 aromatic rings. The van der Waals surface area contributed by atoms with E-state index in [2.05, 4.69) is 4.98 Å². The van der Waals surface area contributed by atoms with Gasteiger partial charge in [0.05, 0.1) is 17.9 Å². The van der Waals surface area contributed by atoms with Crippen molar-refractivity contribution >= 4 is 22.3 Å². The Hall–Kier alpha value is -2.34. The number of thiazole rings is 1. The van der Waals surface area contributed by atoms with Crippen molar-refractivity contribution in [3.8, 4) is 17.0 Å². The predicted molar refractivity (Wildman–Crippen MR) is 99.6 cm³/mol. The zero-order valence-electron chi connectivity index (χ0n) is 15.1. The second-order valence-electron chi connectivity index (χ2n) is 6.44. The van der Waals surface area contributed by atoms with Crippen molar-refractivity contribution in [2.75, 3.05) is 0 Å². The van der Waals surface area contributed by atoms with E-state index >= 15 is 0 Å². The largest absolute Gasteiger partial charge is 0.491 e. The van der Waals surface area contributed by atoms with Crippen molar-refractivity contribution in [1.29, 1.82) is 0 Å². The normalized spacial score (nSPS) is 11.5. The van der Waals surface area contributed by atoms with Crippen molar-refractivity contribution < 1.29 is 14.3 Å². The van der Waals surface area contributed by atoms with Crippen LogP contribution >= 0.6 is 11.3 Å². The number of nitrogens with zero attached hydrogens (tertiary/aromatic N) is 2. The van der Waals surface area contributed by atoms with Crippen LogP contribution in [0, 0.1) is 6.92 Å². The van der Waals surface area contributed by atoms with Crippen molar-refractivity contribution in [1.82, 2.24) is 9.38 Å². The summed E-state index contributed by atoms with van der Waals surface area (Å²) in [6.07, 6.45) is 1.96. The smallest absolute Gasteiger partial charge is 0.350 e. The van der Waals surface area contributed by atoms with Gasteiger partial charge in [0.25, 0.3) is 0 Å². The molecule has 0 aliphatic rings. The number of rotatable bonds is 5. The molecule has 25 heavy (non-hydrogen) atoms. The Morgan fingerprint density at radius 3 is 2.36 bits per heavy atom. The SMILES string of the molecule is Cc1c(C(=O)OC(C)C)sc2nc(-c3ccc(OC(C)C)cc3)cn12. The van der Waals surface area contributed by atoms with Gasteiger partial charge in [-0.15, -0.1) is 0 Å². The van der Waals surface area contributed by atoms with Crippen molar-refractivity contribution in [2.45, 2.75) is 46.8 Å². The Balaban J connectivity index is 1.88. The molecule has 3 rings (SSSR count). The summed E-state index contributed by atoms with van der Waals surface area (Å²) in [6, 6.07) is 7.88. The number of carbonyl (C=O) groups excluding carboxylic acids is 1. The molecule has 2 heterocycles. The van der Waals surface area contributed by atoms with Crippen molar-refractivity contribution in [2.24, 2.45) is 0 Å². The molecule has 2 aromatic heterocycles. The quantitative estimate of drug-likeness (QED) is 0.619. The number of aromatic nitrogens is 2. The highest BCUT2D eigenvalue weighted by atomic mass is 32.1. The van der Waals surface area contributed by atoms with E-state index in [9.17, 15) is 4.79 Å². The van der Waals surface area contributed by atoms with E-state index in [1.54, 1.807) is 0 Å². The summed E-state index contributed by atoms with van der Waals surface area (Å²) in [6.45, 7) is 9.60. The first-order chi connectivity index (χ1) is 11.8. The fraction of sp³-hybridized carbons (Fsp3) is 0.368. The maximum atomic E-state index is 12.2. The van der Waals surface area contributed by atoms with Gasteiger partial charge in [0.2, 0.25) is 0 Å². The van der Waals surface area contributed by atoms with E-state index in [-0.39, 0.29) is 18.2 Å². The molecule has 6 heteroatoms. The zero-order chi connectivity index (χ0) is 18.1. The fourth-order valence-corrected chi connectivity index (χ4v) is 3.51. The van der Waals surface area contributed by atoms with E-state index in [4.69, 9.17) is 9.47 Å². The second-order valence-corrected chi connectivity index (χ2v) is 7.42. The highest BCUT2D eigenvalue weighted by molar-refractivity contribution is 7.19. The predicted octanol–water partition coefficient (Wildman–Crippen LogP) is 4.72. The van der Waals surface area contributed by atoms with Crippen LogP contribution in [0.5, 0.6) is 5.75 Å². The molecule has 0 radical (unpaired) electrons. The number of carbonyl (C=O) groups is 1. The first-order valence-corrected chi connectivity index (χ1v) is 9.13.